The predicted octanol–water partition coefficient (Wildman–Crippen LogP) is 4.56. The van der Waals surface area contributed by atoms with Gasteiger partial charge in [-0.25, -0.2) is 9.82 Å². The van der Waals surface area contributed by atoms with E-state index < -0.39 is 0 Å². The number of ether oxygens (including phenoxy) is 2. The number of ketones is 1. The van der Waals surface area contributed by atoms with Crippen molar-refractivity contribution in [2.24, 2.45) is 5.10 Å². The Hall–Kier alpha value is -3.26. The molecule has 0 saturated heterocycles. The van der Waals surface area contributed by atoms with Gasteiger partial charge in [0.15, 0.2) is 17.3 Å². The van der Waals surface area contributed by atoms with E-state index in [1.807, 2.05) is 5.38 Å². The molecule has 0 saturated carbocycles. The van der Waals surface area contributed by atoms with Crippen LogP contribution in [-0.2, 0) is 4.79 Å². The zero-order valence-corrected chi connectivity index (χ0v) is 17.6. The standard InChI is InChI=1S/C22H21FN2O4S/c1-13(17-12-30-21-8-5-15(23)11-16(17)21)24-25-22(27)9-6-18(26)14-4-7-19(28-2)20(10-14)29-3/h4-5,7-8,10-12H,6,9H2,1-3H3,(H,25,27)/b24-13+. The van der Waals surface area contributed by atoms with Crippen LogP contribution in [0.3, 0.4) is 0 Å². The number of benzene rings is 2. The molecule has 1 heterocycles. The van der Waals surface area contributed by atoms with E-state index in [0.717, 1.165) is 15.6 Å². The second kappa shape index (κ2) is 9.49. The highest BCUT2D eigenvalue weighted by Gasteiger charge is 2.13. The number of carbonyl (C=O) groups is 2. The summed E-state index contributed by atoms with van der Waals surface area (Å²) in [6, 6.07) is 9.43. The number of fused-ring (bicyclic) bond motifs is 1. The number of amides is 1. The minimum atomic E-state index is -0.381. The van der Waals surface area contributed by atoms with Crippen LogP contribution < -0.4 is 14.9 Å². The lowest BCUT2D eigenvalue weighted by atomic mass is 10.1. The molecule has 6 nitrogen and oxygen atoms in total. The summed E-state index contributed by atoms with van der Waals surface area (Å²) in [5.74, 6) is 0.0811. The molecule has 156 valence electrons. The number of hydrazone groups is 1. The van der Waals surface area contributed by atoms with E-state index in [1.165, 1.54) is 37.7 Å². The van der Waals surface area contributed by atoms with E-state index >= 15 is 0 Å². The third kappa shape index (κ3) is 4.83. The summed E-state index contributed by atoms with van der Waals surface area (Å²) in [5.41, 5.74) is 4.22. The fourth-order valence-corrected chi connectivity index (χ4v) is 3.91. The molecule has 0 aliphatic heterocycles. The van der Waals surface area contributed by atoms with Gasteiger partial charge in [-0.15, -0.1) is 11.3 Å². The van der Waals surface area contributed by atoms with Crippen LogP contribution in [0.15, 0.2) is 46.9 Å². The van der Waals surface area contributed by atoms with E-state index in [0.29, 0.717) is 22.8 Å². The Labute approximate surface area is 177 Å². The van der Waals surface area contributed by atoms with Gasteiger partial charge >= 0.3 is 0 Å². The fraction of sp³-hybridized carbons (Fsp3) is 0.227. The molecule has 1 amide bonds. The third-order valence-electron chi connectivity index (χ3n) is 4.56. The molecular weight excluding hydrogens is 407 g/mol. The van der Waals surface area contributed by atoms with Gasteiger partial charge in [0, 0.05) is 39.4 Å². The minimum absolute atomic E-state index is 0.0109. The van der Waals surface area contributed by atoms with Crippen molar-refractivity contribution in [3.63, 3.8) is 0 Å². The quantitative estimate of drug-likeness (QED) is 0.324. The van der Waals surface area contributed by atoms with Gasteiger partial charge in [-0.3, -0.25) is 9.59 Å². The molecule has 0 spiro atoms. The van der Waals surface area contributed by atoms with E-state index in [4.69, 9.17) is 9.47 Å². The maximum absolute atomic E-state index is 13.5. The number of rotatable bonds is 8. The lowest BCUT2D eigenvalue weighted by Gasteiger charge is -2.09. The SMILES string of the molecule is COc1ccc(C(=O)CCC(=O)N/N=C(\C)c2csc3ccc(F)cc23)cc1OC. The number of methoxy groups -OCH3 is 2. The fourth-order valence-electron chi connectivity index (χ4n) is 2.92. The highest BCUT2D eigenvalue weighted by Crippen LogP contribution is 2.28. The summed E-state index contributed by atoms with van der Waals surface area (Å²) < 4.78 is 24.8. The van der Waals surface area contributed by atoms with E-state index in [1.54, 1.807) is 31.2 Å². The number of thiophene rings is 1. The second-order valence-corrected chi connectivity index (χ2v) is 7.43. The molecule has 2 aromatic carbocycles. The van der Waals surface area contributed by atoms with E-state index in [-0.39, 0.29) is 30.3 Å². The topological polar surface area (TPSA) is 77.0 Å². The molecule has 0 aliphatic rings. The molecule has 1 aromatic heterocycles. The molecule has 3 aromatic rings. The van der Waals surface area contributed by atoms with Crippen molar-refractivity contribution < 1.29 is 23.5 Å². The molecule has 0 bridgehead atoms. The molecule has 0 unspecified atom stereocenters. The van der Waals surface area contributed by atoms with Crippen LogP contribution in [0.2, 0.25) is 0 Å². The number of nitrogens with zero attached hydrogens (tertiary/aromatic N) is 1. The highest BCUT2D eigenvalue weighted by molar-refractivity contribution is 7.17. The summed E-state index contributed by atoms with van der Waals surface area (Å²) in [7, 11) is 3.01. The highest BCUT2D eigenvalue weighted by atomic mass is 32.1. The van der Waals surface area contributed by atoms with Crippen LogP contribution in [-0.4, -0.2) is 31.6 Å². The summed E-state index contributed by atoms with van der Waals surface area (Å²) in [5, 5.41) is 6.72. The van der Waals surface area contributed by atoms with Crippen LogP contribution in [0.5, 0.6) is 11.5 Å². The average Bonchev–Trinajstić information content (AvgIpc) is 3.18. The Balaban J connectivity index is 1.60. The minimum Gasteiger partial charge on any atom is -0.493 e. The van der Waals surface area contributed by atoms with E-state index in [9.17, 15) is 14.0 Å². The van der Waals surface area contributed by atoms with Crippen LogP contribution >= 0.6 is 11.3 Å². The molecule has 1 N–H and O–H groups in total. The monoisotopic (exact) mass is 428 g/mol. The van der Waals surface area contributed by atoms with Gasteiger partial charge in [0.05, 0.1) is 19.9 Å². The van der Waals surface area contributed by atoms with Crippen molar-refractivity contribution in [3.8, 4) is 11.5 Å². The van der Waals surface area contributed by atoms with Crippen LogP contribution in [0, 0.1) is 5.82 Å². The van der Waals surface area contributed by atoms with Crippen molar-refractivity contribution >= 4 is 38.8 Å². The van der Waals surface area contributed by atoms with Gasteiger partial charge in [-0.1, -0.05) is 0 Å². The van der Waals surface area contributed by atoms with Crippen molar-refractivity contribution in [3.05, 3.63) is 58.7 Å². The van der Waals surface area contributed by atoms with Crippen LogP contribution in [0.25, 0.3) is 10.1 Å². The molecule has 0 atom stereocenters. The molecular formula is C22H21FN2O4S. The summed E-state index contributed by atoms with van der Waals surface area (Å²) in [6.07, 6.45) is 0.0193. The summed E-state index contributed by atoms with van der Waals surface area (Å²) >= 11 is 1.48. The van der Waals surface area contributed by atoms with Gasteiger partial charge in [0.25, 0.3) is 0 Å². The Bertz CT molecular complexity index is 1120. The van der Waals surface area contributed by atoms with Crippen molar-refractivity contribution in [2.75, 3.05) is 14.2 Å². The second-order valence-electron chi connectivity index (χ2n) is 6.51. The number of halogens is 1. The lowest BCUT2D eigenvalue weighted by molar-refractivity contribution is -0.121. The largest absolute Gasteiger partial charge is 0.493 e. The van der Waals surface area contributed by atoms with Gasteiger partial charge < -0.3 is 9.47 Å². The van der Waals surface area contributed by atoms with E-state index in [2.05, 4.69) is 10.5 Å². The first-order chi connectivity index (χ1) is 14.4. The maximum atomic E-state index is 13.5. The first-order valence-electron chi connectivity index (χ1n) is 9.18. The zero-order valence-electron chi connectivity index (χ0n) is 16.8. The normalized spacial score (nSPS) is 11.4. The maximum Gasteiger partial charge on any atom is 0.240 e. The Kier molecular flexibility index (Phi) is 6.79. The Morgan fingerprint density at radius 1 is 1.07 bits per heavy atom. The van der Waals surface area contributed by atoms with Crippen LogP contribution in [0.1, 0.15) is 35.7 Å². The van der Waals surface area contributed by atoms with Crippen molar-refractivity contribution in [2.45, 2.75) is 19.8 Å². The van der Waals surface area contributed by atoms with Crippen molar-refractivity contribution in [1.82, 2.24) is 5.43 Å². The number of hydrogen-bond donors (Lipinski definition) is 1. The average molecular weight is 428 g/mol. The number of hydrogen-bond acceptors (Lipinski definition) is 6. The lowest BCUT2D eigenvalue weighted by Crippen LogP contribution is -2.20. The van der Waals surface area contributed by atoms with Gasteiger partial charge in [-0.2, -0.15) is 5.10 Å². The molecule has 0 radical (unpaired) electrons. The summed E-state index contributed by atoms with van der Waals surface area (Å²) in [6.45, 7) is 1.74. The first-order valence-corrected chi connectivity index (χ1v) is 10.1. The number of Topliss-reactive ketones (excluding diaryl/α,β-unsaturated/α-hetero) is 1. The van der Waals surface area contributed by atoms with Crippen molar-refractivity contribution in [1.29, 1.82) is 0 Å². The number of carbonyl (C=O) groups excluding carboxylic acids is 2. The smallest absolute Gasteiger partial charge is 0.240 e. The first kappa shape index (κ1) is 21.4. The molecule has 3 rings (SSSR count). The summed E-state index contributed by atoms with van der Waals surface area (Å²) in [4.78, 5) is 24.5. The van der Waals surface area contributed by atoms with Crippen LogP contribution in [0.4, 0.5) is 4.39 Å². The molecule has 0 fully saturated rings. The predicted molar refractivity (Wildman–Crippen MR) is 115 cm³/mol. The van der Waals surface area contributed by atoms with Gasteiger partial charge in [-0.05, 0) is 43.3 Å². The molecule has 0 aliphatic carbocycles. The Morgan fingerprint density at radius 3 is 2.57 bits per heavy atom. The number of nitrogens with one attached hydrogen (secondary N) is 1. The molecule has 30 heavy (non-hydrogen) atoms. The Morgan fingerprint density at radius 2 is 1.83 bits per heavy atom. The zero-order chi connectivity index (χ0) is 21.7. The van der Waals surface area contributed by atoms with Gasteiger partial charge in [0.2, 0.25) is 5.91 Å². The molecule has 8 heteroatoms. The third-order valence-corrected chi connectivity index (χ3v) is 5.52. The van der Waals surface area contributed by atoms with Gasteiger partial charge in [0.1, 0.15) is 5.82 Å².